The van der Waals surface area contributed by atoms with E-state index in [0.29, 0.717) is 32.7 Å². The Kier molecular flexibility index (Phi) is 5.86. The van der Waals surface area contributed by atoms with Crippen molar-refractivity contribution in [3.8, 4) is 0 Å². The number of aromatic nitrogens is 4. The van der Waals surface area contributed by atoms with E-state index in [1.165, 1.54) is 15.3 Å². The highest BCUT2D eigenvalue weighted by Crippen LogP contribution is 2.22. The zero-order chi connectivity index (χ0) is 18.7. The zero-order valence-electron chi connectivity index (χ0n) is 14.4. The molecule has 1 aliphatic rings. The molecule has 0 amide bonds. The average molecular weight is 404 g/mol. The minimum absolute atomic E-state index is 0.0132. The Balaban J connectivity index is 1.64. The van der Waals surface area contributed by atoms with E-state index in [2.05, 4.69) is 22.4 Å². The number of hydrogen-bond acceptors (Lipinski definition) is 5. The second-order valence-corrected chi connectivity index (χ2v) is 8.57. The predicted octanol–water partition coefficient (Wildman–Crippen LogP) is -0.0350. The summed E-state index contributed by atoms with van der Waals surface area (Å²) in [5.74, 6) is 0.174. The lowest BCUT2D eigenvalue weighted by atomic mass is 10.3. The highest BCUT2D eigenvalue weighted by molar-refractivity contribution is 7.89. The van der Waals surface area contributed by atoms with Crippen LogP contribution in [0.5, 0.6) is 0 Å². The summed E-state index contributed by atoms with van der Waals surface area (Å²) in [6, 6.07) is 3.48. The quantitative estimate of drug-likeness (QED) is 0.731. The molecule has 0 spiro atoms. The predicted molar refractivity (Wildman–Crippen MR) is 92.7 cm³/mol. The van der Waals surface area contributed by atoms with Gasteiger partial charge in [-0.15, -0.1) is 5.10 Å². The average Bonchev–Trinajstić information content (AvgIpc) is 3.05. The standard InChI is InChI=1S/C15H20ClFN6O2S/c1-2-5-23-15(18-19-20-23)11-21-6-8-22(9-7-21)26(24,25)12-3-4-14(17)13(16)10-12/h3-4,10H,2,5-9,11H2,1H3/p+1. The van der Waals surface area contributed by atoms with Crippen molar-refractivity contribution in [1.29, 1.82) is 0 Å². The molecule has 1 N–H and O–H groups in total. The summed E-state index contributed by atoms with van der Waals surface area (Å²) in [6.07, 6.45) is 0.944. The van der Waals surface area contributed by atoms with Crippen LogP contribution in [-0.2, 0) is 23.1 Å². The van der Waals surface area contributed by atoms with Crippen molar-refractivity contribution in [3.05, 3.63) is 34.9 Å². The first-order chi connectivity index (χ1) is 12.4. The van der Waals surface area contributed by atoms with Crippen LogP contribution in [0.15, 0.2) is 23.1 Å². The molecule has 0 unspecified atom stereocenters. The Labute approximate surface area is 156 Å². The van der Waals surface area contributed by atoms with Crippen LogP contribution < -0.4 is 4.90 Å². The zero-order valence-corrected chi connectivity index (χ0v) is 16.0. The number of quaternary nitrogens is 1. The largest absolute Gasteiger partial charge is 0.326 e. The first-order valence-corrected chi connectivity index (χ1v) is 10.3. The van der Waals surface area contributed by atoms with Gasteiger partial charge in [-0.3, -0.25) is 0 Å². The van der Waals surface area contributed by atoms with E-state index in [4.69, 9.17) is 11.6 Å². The monoisotopic (exact) mass is 403 g/mol. The normalized spacial score (nSPS) is 16.9. The Morgan fingerprint density at radius 2 is 2.04 bits per heavy atom. The molecule has 11 heteroatoms. The molecule has 2 aromatic rings. The fourth-order valence-corrected chi connectivity index (χ4v) is 4.68. The third kappa shape index (κ3) is 4.03. The molecule has 8 nitrogen and oxygen atoms in total. The Morgan fingerprint density at radius 1 is 1.31 bits per heavy atom. The molecule has 1 fully saturated rings. The molecular weight excluding hydrogens is 383 g/mol. The molecule has 0 radical (unpaired) electrons. The van der Waals surface area contributed by atoms with E-state index in [-0.39, 0.29) is 9.92 Å². The van der Waals surface area contributed by atoms with E-state index in [0.717, 1.165) is 30.9 Å². The molecule has 1 aromatic carbocycles. The fourth-order valence-electron chi connectivity index (χ4n) is 2.96. The van der Waals surface area contributed by atoms with Crippen molar-refractivity contribution in [2.45, 2.75) is 31.3 Å². The van der Waals surface area contributed by atoms with Crippen LogP contribution in [0.2, 0.25) is 5.02 Å². The van der Waals surface area contributed by atoms with E-state index >= 15 is 0 Å². The summed E-state index contributed by atoms with van der Waals surface area (Å²) < 4.78 is 41.9. The summed E-state index contributed by atoms with van der Waals surface area (Å²) in [5.41, 5.74) is 0. The number of hydrogen-bond donors (Lipinski definition) is 1. The Hall–Kier alpha value is -1.62. The summed E-state index contributed by atoms with van der Waals surface area (Å²) in [4.78, 5) is 1.24. The van der Waals surface area contributed by atoms with Gasteiger partial charge in [-0.05, 0) is 35.0 Å². The molecular formula is C15H21ClFN6O2S+. The van der Waals surface area contributed by atoms with Crippen molar-refractivity contribution >= 4 is 21.6 Å². The lowest BCUT2D eigenvalue weighted by Crippen LogP contribution is -3.13. The van der Waals surface area contributed by atoms with E-state index in [1.54, 1.807) is 4.68 Å². The highest BCUT2D eigenvalue weighted by atomic mass is 35.5. The summed E-state index contributed by atoms with van der Waals surface area (Å²) in [6.45, 7) is 5.53. The van der Waals surface area contributed by atoms with Gasteiger partial charge in [0.05, 0.1) is 36.1 Å². The Bertz CT molecular complexity index is 867. The van der Waals surface area contributed by atoms with Gasteiger partial charge >= 0.3 is 0 Å². The molecule has 26 heavy (non-hydrogen) atoms. The number of halogens is 2. The van der Waals surface area contributed by atoms with Gasteiger partial charge in [0, 0.05) is 6.54 Å². The number of nitrogens with one attached hydrogen (secondary N) is 1. The van der Waals surface area contributed by atoms with Crippen molar-refractivity contribution < 1.29 is 17.7 Å². The molecule has 3 rings (SSSR count). The van der Waals surface area contributed by atoms with E-state index in [1.807, 2.05) is 0 Å². The van der Waals surface area contributed by atoms with Crippen molar-refractivity contribution in [2.75, 3.05) is 26.2 Å². The molecule has 0 atom stereocenters. The third-order valence-corrected chi connectivity index (χ3v) is 6.59. The third-order valence-electron chi connectivity index (χ3n) is 4.41. The maximum absolute atomic E-state index is 13.3. The van der Waals surface area contributed by atoms with Crippen LogP contribution >= 0.6 is 11.6 Å². The van der Waals surface area contributed by atoms with Gasteiger partial charge in [-0.2, -0.15) is 4.31 Å². The van der Waals surface area contributed by atoms with Gasteiger partial charge in [0.1, 0.15) is 12.4 Å². The first-order valence-electron chi connectivity index (χ1n) is 8.45. The topological polar surface area (TPSA) is 85.4 Å². The number of sulfonamides is 1. The summed E-state index contributed by atoms with van der Waals surface area (Å²) in [5, 5.41) is 11.6. The number of nitrogens with zero attached hydrogens (tertiary/aromatic N) is 5. The lowest BCUT2D eigenvalue weighted by molar-refractivity contribution is -0.918. The number of tetrazole rings is 1. The van der Waals surface area contributed by atoms with Crippen LogP contribution in [0.3, 0.4) is 0 Å². The number of rotatable bonds is 6. The smallest absolute Gasteiger partial charge is 0.243 e. The minimum Gasteiger partial charge on any atom is -0.326 e. The number of benzene rings is 1. The van der Waals surface area contributed by atoms with Crippen LogP contribution in [0.25, 0.3) is 0 Å². The molecule has 2 heterocycles. The van der Waals surface area contributed by atoms with Crippen LogP contribution in [0, 0.1) is 5.82 Å². The van der Waals surface area contributed by atoms with Gasteiger partial charge in [-0.25, -0.2) is 17.5 Å². The second-order valence-electron chi connectivity index (χ2n) is 6.23. The van der Waals surface area contributed by atoms with Gasteiger partial charge < -0.3 is 4.90 Å². The van der Waals surface area contributed by atoms with Gasteiger partial charge in [-0.1, -0.05) is 18.5 Å². The van der Waals surface area contributed by atoms with E-state index < -0.39 is 15.8 Å². The fraction of sp³-hybridized carbons (Fsp3) is 0.533. The Morgan fingerprint density at radius 3 is 2.69 bits per heavy atom. The molecule has 1 aromatic heterocycles. The maximum atomic E-state index is 13.3. The summed E-state index contributed by atoms with van der Waals surface area (Å²) >= 11 is 5.72. The van der Waals surface area contributed by atoms with Gasteiger partial charge in [0.2, 0.25) is 15.8 Å². The molecule has 0 saturated carbocycles. The summed E-state index contributed by atoms with van der Waals surface area (Å²) in [7, 11) is -3.68. The molecule has 0 bridgehead atoms. The van der Waals surface area contributed by atoms with Crippen molar-refractivity contribution in [2.24, 2.45) is 0 Å². The lowest BCUT2D eigenvalue weighted by Gasteiger charge is -2.31. The second kappa shape index (κ2) is 7.95. The van der Waals surface area contributed by atoms with E-state index in [9.17, 15) is 12.8 Å². The first kappa shape index (κ1) is 19.2. The molecule has 1 saturated heterocycles. The van der Waals surface area contributed by atoms with Gasteiger partial charge in [0.25, 0.3) is 0 Å². The van der Waals surface area contributed by atoms with Gasteiger partial charge in [0.15, 0.2) is 0 Å². The molecule has 1 aliphatic heterocycles. The maximum Gasteiger partial charge on any atom is 0.243 e. The van der Waals surface area contributed by atoms with Crippen molar-refractivity contribution in [3.63, 3.8) is 0 Å². The number of piperazine rings is 1. The molecule has 142 valence electrons. The minimum atomic E-state index is -3.68. The molecule has 0 aliphatic carbocycles. The number of aryl methyl sites for hydroxylation is 1. The van der Waals surface area contributed by atoms with Crippen LogP contribution in [0.4, 0.5) is 4.39 Å². The SMILES string of the molecule is CCCn1nnnc1C[NH+]1CCN(S(=O)(=O)c2ccc(F)c(Cl)c2)CC1. The highest BCUT2D eigenvalue weighted by Gasteiger charge is 2.31. The van der Waals surface area contributed by atoms with Crippen LogP contribution in [0.1, 0.15) is 19.2 Å². The van der Waals surface area contributed by atoms with Crippen LogP contribution in [-0.4, -0.2) is 59.1 Å². The van der Waals surface area contributed by atoms with Crippen molar-refractivity contribution in [1.82, 2.24) is 24.5 Å².